The van der Waals surface area contributed by atoms with Crippen LogP contribution < -0.4 is 5.32 Å². The van der Waals surface area contributed by atoms with Crippen molar-refractivity contribution in [2.45, 2.75) is 198 Å². The molecule has 0 unspecified atom stereocenters. The average Bonchev–Trinajstić information content (AvgIpc) is 3.61. The minimum atomic E-state index is -1.84. The van der Waals surface area contributed by atoms with Gasteiger partial charge in [-0.15, -0.1) is 0 Å². The highest BCUT2D eigenvalue weighted by atomic mass is 16.7. The highest BCUT2D eigenvalue weighted by molar-refractivity contribution is 5.78. The molecule has 2 bridgehead atoms. The molecule has 0 saturated carbocycles. The lowest BCUT2D eigenvalue weighted by atomic mass is 9.71. The number of esters is 1. The van der Waals surface area contributed by atoms with Gasteiger partial charge in [0.1, 0.15) is 35.9 Å². The smallest absolute Gasteiger partial charge is 0.316 e. The number of ether oxygens (including phenoxy) is 10. The summed E-state index contributed by atoms with van der Waals surface area (Å²) < 4.78 is 64.4. The lowest BCUT2D eigenvalue weighted by Crippen LogP contribution is -2.58. The molecule has 0 aromatic heterocycles. The summed E-state index contributed by atoms with van der Waals surface area (Å²) in [5, 5.41) is 26.7. The summed E-state index contributed by atoms with van der Waals surface area (Å²) in [7, 11) is 3.27. The van der Waals surface area contributed by atoms with Gasteiger partial charge in [-0.3, -0.25) is 9.59 Å². The average molecular weight is 914 g/mol. The molecule has 6 heterocycles. The fraction of sp³-hybridized carbons (Fsp3) is 0.760. The molecule has 7 aliphatic rings. The van der Waals surface area contributed by atoms with Crippen LogP contribution in [-0.2, 0) is 57.0 Å². The normalized spacial score (nSPS) is 47.3. The van der Waals surface area contributed by atoms with Crippen molar-refractivity contribution in [1.82, 2.24) is 5.32 Å². The van der Waals surface area contributed by atoms with E-state index in [9.17, 15) is 19.8 Å². The molecule has 3 N–H and O–H groups in total. The highest BCUT2D eigenvalue weighted by Crippen LogP contribution is 2.47. The molecule has 1 amide bonds. The Labute approximate surface area is 385 Å². The third kappa shape index (κ3) is 10.6. The van der Waals surface area contributed by atoms with Crippen molar-refractivity contribution in [2.75, 3.05) is 20.8 Å². The molecule has 15 nitrogen and oxygen atoms in total. The number of nitrogens with one attached hydrogen (secondary N) is 1. The number of methoxy groups -OCH3 is 2. The van der Waals surface area contributed by atoms with E-state index in [1.165, 1.54) is 6.92 Å². The Morgan fingerprint density at radius 2 is 1.65 bits per heavy atom. The second kappa shape index (κ2) is 20.8. The molecule has 0 radical (unpaired) electrons. The standard InChI is InChI=1S/C50H75NO14/c1-12-26(2)45-29(5)18-19-49(65-45)24-36-21-35(64-49)17-16-28(4)44(27(3)14-13-15-34-25-58-47-43(53)30(6)20-37(48(54)61-36)50(34,47)55)62-41-23-39(57-11)46(32(8)60-41)63-40-22-38(56-10)42(31(7)59-40)51-33(9)52/h13-16,18-20,26-27,29,31-32,35-47,53,55H,12,17,21-25H2,1-11H3,(H,51,52)/b14-13+,28-16+,34-15+/t26-,27-,29-,31-,32-,35+,36-,37-,38-,39-,40-,41-,42+,43+,44-,45+,46-,47+,49+,50+/m0/s1. The van der Waals surface area contributed by atoms with Gasteiger partial charge in [-0.05, 0) is 62.8 Å². The van der Waals surface area contributed by atoms with Gasteiger partial charge in [-0.25, -0.2) is 0 Å². The van der Waals surface area contributed by atoms with Crippen molar-refractivity contribution in [3.63, 3.8) is 0 Å². The first-order chi connectivity index (χ1) is 30.9. The quantitative estimate of drug-likeness (QED) is 0.195. The fourth-order valence-corrected chi connectivity index (χ4v) is 11.0. The lowest BCUT2D eigenvalue weighted by molar-refractivity contribution is -0.311. The van der Waals surface area contributed by atoms with Crippen LogP contribution in [0.25, 0.3) is 0 Å². The Morgan fingerprint density at radius 1 is 0.938 bits per heavy atom. The Balaban J connectivity index is 1.16. The van der Waals surface area contributed by atoms with Gasteiger partial charge in [0.2, 0.25) is 5.91 Å². The number of amides is 1. The van der Waals surface area contributed by atoms with E-state index in [-0.39, 0.29) is 61.0 Å². The number of rotatable bonds is 9. The van der Waals surface area contributed by atoms with E-state index >= 15 is 0 Å². The van der Waals surface area contributed by atoms with E-state index in [1.54, 1.807) is 33.3 Å². The molecule has 364 valence electrons. The van der Waals surface area contributed by atoms with Gasteiger partial charge in [0.25, 0.3) is 0 Å². The number of hydrogen-bond donors (Lipinski definition) is 3. The summed E-state index contributed by atoms with van der Waals surface area (Å²) in [4.78, 5) is 26.3. The maximum absolute atomic E-state index is 14.4. The molecule has 6 aliphatic heterocycles. The number of carbonyl (C=O) groups excluding carboxylic acids is 2. The van der Waals surface area contributed by atoms with Gasteiger partial charge in [0, 0.05) is 58.7 Å². The van der Waals surface area contributed by atoms with E-state index in [1.807, 2.05) is 39.0 Å². The zero-order valence-corrected chi connectivity index (χ0v) is 40.2. The van der Waals surface area contributed by atoms with E-state index in [2.05, 4.69) is 45.2 Å². The van der Waals surface area contributed by atoms with Gasteiger partial charge in [0.15, 0.2) is 18.4 Å². The summed E-state index contributed by atoms with van der Waals surface area (Å²) >= 11 is 0. The molecule has 4 fully saturated rings. The topological polar surface area (TPSA) is 179 Å². The second-order valence-electron chi connectivity index (χ2n) is 19.7. The van der Waals surface area contributed by atoms with Gasteiger partial charge < -0.3 is 62.9 Å². The van der Waals surface area contributed by atoms with Crippen LogP contribution in [0.2, 0.25) is 0 Å². The summed E-state index contributed by atoms with van der Waals surface area (Å²) in [6.07, 6.45) is 9.46. The molecular weight excluding hydrogens is 839 g/mol. The van der Waals surface area contributed by atoms with Crippen LogP contribution in [0.1, 0.15) is 101 Å². The first-order valence-electron chi connectivity index (χ1n) is 23.8. The Morgan fingerprint density at radius 3 is 2.35 bits per heavy atom. The molecule has 7 rings (SSSR count). The van der Waals surface area contributed by atoms with Crippen LogP contribution in [0.15, 0.2) is 59.3 Å². The molecule has 20 atom stereocenters. The van der Waals surface area contributed by atoms with E-state index in [0.717, 1.165) is 12.0 Å². The maximum atomic E-state index is 14.4. The molecular formula is C50H75NO14. The number of allylic oxidation sites excluding steroid dienone is 2. The molecule has 1 aliphatic carbocycles. The maximum Gasteiger partial charge on any atom is 0.316 e. The van der Waals surface area contributed by atoms with Crippen molar-refractivity contribution in [3.05, 3.63) is 59.3 Å². The van der Waals surface area contributed by atoms with Crippen molar-refractivity contribution < 1.29 is 67.2 Å². The third-order valence-corrected chi connectivity index (χ3v) is 14.9. The summed E-state index contributed by atoms with van der Waals surface area (Å²) in [5.41, 5.74) is 0.116. The van der Waals surface area contributed by atoms with Crippen LogP contribution in [0.4, 0.5) is 0 Å². The Kier molecular flexibility index (Phi) is 16.0. The predicted octanol–water partition coefficient (Wildman–Crippen LogP) is 5.52. The number of hydrogen-bond acceptors (Lipinski definition) is 14. The zero-order valence-electron chi connectivity index (χ0n) is 40.2. The first kappa shape index (κ1) is 50.1. The molecule has 4 saturated heterocycles. The van der Waals surface area contributed by atoms with Crippen molar-refractivity contribution in [1.29, 1.82) is 0 Å². The largest absolute Gasteiger partial charge is 0.462 e. The van der Waals surface area contributed by atoms with Gasteiger partial charge in [-0.1, -0.05) is 70.6 Å². The molecule has 0 aromatic carbocycles. The summed E-state index contributed by atoms with van der Waals surface area (Å²) in [5.74, 6) is -2.75. The van der Waals surface area contributed by atoms with Crippen LogP contribution in [0, 0.1) is 23.7 Å². The predicted molar refractivity (Wildman–Crippen MR) is 239 cm³/mol. The molecule has 1 spiro atoms. The van der Waals surface area contributed by atoms with Crippen LogP contribution in [0.3, 0.4) is 0 Å². The van der Waals surface area contributed by atoms with Gasteiger partial charge in [0.05, 0.1) is 55.4 Å². The van der Waals surface area contributed by atoms with Crippen molar-refractivity contribution in [3.8, 4) is 0 Å². The number of fused-ring (bicyclic) bond motifs is 2. The van der Waals surface area contributed by atoms with Gasteiger partial charge >= 0.3 is 5.97 Å². The molecule has 0 aromatic rings. The lowest BCUT2D eigenvalue weighted by Gasteiger charge is -2.48. The Bertz CT molecular complexity index is 1850. The second-order valence-corrected chi connectivity index (χ2v) is 19.7. The minimum absolute atomic E-state index is 0.0270. The van der Waals surface area contributed by atoms with Crippen LogP contribution in [0.5, 0.6) is 0 Å². The van der Waals surface area contributed by atoms with E-state index in [0.29, 0.717) is 36.8 Å². The van der Waals surface area contributed by atoms with Crippen LogP contribution in [-0.4, -0.2) is 140 Å². The number of carbonyl (C=O) groups is 2. The molecule has 15 heteroatoms. The van der Waals surface area contributed by atoms with Crippen LogP contribution >= 0.6 is 0 Å². The van der Waals surface area contributed by atoms with Crippen molar-refractivity contribution >= 4 is 11.9 Å². The number of aliphatic hydroxyl groups excluding tert-OH is 1. The van der Waals surface area contributed by atoms with E-state index in [4.69, 9.17) is 47.4 Å². The number of aliphatic hydroxyl groups is 2. The monoisotopic (exact) mass is 914 g/mol. The highest BCUT2D eigenvalue weighted by Gasteiger charge is 2.60. The summed E-state index contributed by atoms with van der Waals surface area (Å²) in [6.45, 7) is 17.7. The SMILES string of the molecule is CC[C@H](C)[C@H]1O[C@]2(C=C[C@@H]1C)C[C@@H]1C[C@@H](C/C=C(\C)[C@@H](O[C@H]3C[C@H](OC)[C@@H](O[C@H]4C[C@H](OC)[C@H](NC(C)=O)[C@H](C)O4)[C@H](C)O3)[C@@H](C)/C=C/C=C3\CO[C@@H]4[C@H](O)C(C)=C[C@@H](C(=O)O1)[C@]34O)O2. The Hall–Kier alpha value is -2.80. The minimum Gasteiger partial charge on any atom is -0.462 e. The van der Waals surface area contributed by atoms with Crippen molar-refractivity contribution in [2.24, 2.45) is 23.7 Å². The third-order valence-electron chi connectivity index (χ3n) is 14.9. The molecule has 65 heavy (non-hydrogen) atoms. The first-order valence-corrected chi connectivity index (χ1v) is 23.8. The fourth-order valence-electron chi connectivity index (χ4n) is 11.0. The zero-order chi connectivity index (χ0) is 47.0. The summed E-state index contributed by atoms with van der Waals surface area (Å²) in [6, 6.07) is -0.315. The van der Waals surface area contributed by atoms with Gasteiger partial charge in [-0.2, -0.15) is 0 Å². The van der Waals surface area contributed by atoms with E-state index < -0.39 is 84.7 Å².